The van der Waals surface area contributed by atoms with Crippen LogP contribution < -0.4 is 0 Å². The van der Waals surface area contributed by atoms with Gasteiger partial charge in [-0.3, -0.25) is 0 Å². The van der Waals surface area contributed by atoms with Crippen LogP contribution in [0.4, 0.5) is 0 Å². The van der Waals surface area contributed by atoms with Crippen LogP contribution in [0.2, 0.25) is 0 Å². The first-order valence-electron chi connectivity index (χ1n) is 8.28. The van der Waals surface area contributed by atoms with Crippen molar-refractivity contribution >= 4 is 0 Å². The first-order valence-corrected chi connectivity index (χ1v) is 8.28. The lowest BCUT2D eigenvalue weighted by molar-refractivity contribution is 0.295. The van der Waals surface area contributed by atoms with E-state index in [0.717, 1.165) is 11.8 Å². The molecule has 18 heavy (non-hydrogen) atoms. The molecule has 110 valence electrons. The quantitative estimate of drug-likeness (QED) is 0.454. The minimum absolute atomic E-state index is 0.924. The standard InChI is InChI=1S/C17H37N/c1-6-10-16(3)12-8-14-18(5)15-9-13-17(4)11-7-2/h16-17H,6-15H2,1-5H3. The van der Waals surface area contributed by atoms with Crippen molar-refractivity contribution in [2.45, 2.75) is 79.1 Å². The molecule has 2 unspecified atom stereocenters. The van der Waals surface area contributed by atoms with E-state index < -0.39 is 0 Å². The van der Waals surface area contributed by atoms with Crippen LogP contribution in [0.1, 0.15) is 79.1 Å². The van der Waals surface area contributed by atoms with E-state index in [0.29, 0.717) is 0 Å². The molecule has 2 atom stereocenters. The van der Waals surface area contributed by atoms with Gasteiger partial charge in [0.2, 0.25) is 0 Å². The van der Waals surface area contributed by atoms with Crippen molar-refractivity contribution in [3.63, 3.8) is 0 Å². The Bertz CT molecular complexity index is 149. The fourth-order valence-electron chi connectivity index (χ4n) is 2.81. The Morgan fingerprint density at radius 1 is 0.722 bits per heavy atom. The monoisotopic (exact) mass is 255 g/mol. The molecular formula is C17H37N. The van der Waals surface area contributed by atoms with Gasteiger partial charge in [0, 0.05) is 0 Å². The molecule has 0 aliphatic rings. The molecule has 0 rings (SSSR count). The minimum atomic E-state index is 0.924. The smallest absolute Gasteiger partial charge is 0.00217 e. The second-order valence-corrected chi connectivity index (χ2v) is 6.38. The van der Waals surface area contributed by atoms with Gasteiger partial charge in [-0.05, 0) is 57.7 Å². The van der Waals surface area contributed by atoms with Crippen molar-refractivity contribution in [2.24, 2.45) is 11.8 Å². The Balaban J connectivity index is 3.39. The van der Waals surface area contributed by atoms with Crippen molar-refractivity contribution in [3.05, 3.63) is 0 Å². The highest BCUT2D eigenvalue weighted by Crippen LogP contribution is 2.14. The molecule has 0 heterocycles. The van der Waals surface area contributed by atoms with E-state index in [4.69, 9.17) is 0 Å². The summed E-state index contributed by atoms with van der Waals surface area (Å²) in [5.41, 5.74) is 0. The fraction of sp³-hybridized carbons (Fsp3) is 1.00. The van der Waals surface area contributed by atoms with Crippen LogP contribution in [0.3, 0.4) is 0 Å². The maximum absolute atomic E-state index is 2.53. The molecule has 0 aromatic rings. The zero-order chi connectivity index (χ0) is 13.8. The molecule has 0 N–H and O–H groups in total. The summed E-state index contributed by atoms with van der Waals surface area (Å²) in [7, 11) is 2.29. The van der Waals surface area contributed by atoms with Crippen LogP contribution in [0.5, 0.6) is 0 Å². The predicted octanol–water partition coefficient (Wildman–Crippen LogP) is 5.35. The first-order chi connectivity index (χ1) is 8.60. The molecule has 0 saturated carbocycles. The molecule has 1 heteroatoms. The minimum Gasteiger partial charge on any atom is -0.306 e. The van der Waals surface area contributed by atoms with Gasteiger partial charge in [0.1, 0.15) is 0 Å². The zero-order valence-electron chi connectivity index (χ0n) is 13.7. The van der Waals surface area contributed by atoms with Crippen molar-refractivity contribution in [1.82, 2.24) is 4.90 Å². The Kier molecular flexibility index (Phi) is 12.0. The van der Waals surface area contributed by atoms with Gasteiger partial charge < -0.3 is 4.90 Å². The second-order valence-electron chi connectivity index (χ2n) is 6.38. The van der Waals surface area contributed by atoms with Gasteiger partial charge in [-0.15, -0.1) is 0 Å². The van der Waals surface area contributed by atoms with Crippen molar-refractivity contribution in [2.75, 3.05) is 20.1 Å². The summed E-state index contributed by atoms with van der Waals surface area (Å²) in [5, 5.41) is 0. The van der Waals surface area contributed by atoms with Crippen molar-refractivity contribution < 1.29 is 0 Å². The Morgan fingerprint density at radius 2 is 1.11 bits per heavy atom. The largest absolute Gasteiger partial charge is 0.306 e. The molecule has 0 aliphatic carbocycles. The summed E-state index contributed by atoms with van der Waals surface area (Å²) in [6, 6.07) is 0. The summed E-state index contributed by atoms with van der Waals surface area (Å²) in [6.07, 6.45) is 11.0. The van der Waals surface area contributed by atoms with E-state index in [-0.39, 0.29) is 0 Å². The summed E-state index contributed by atoms with van der Waals surface area (Å²) < 4.78 is 0. The van der Waals surface area contributed by atoms with Gasteiger partial charge >= 0.3 is 0 Å². The summed E-state index contributed by atoms with van der Waals surface area (Å²) >= 11 is 0. The molecule has 0 aromatic heterocycles. The SMILES string of the molecule is CCCC(C)CCCN(C)CCCC(C)CCC. The number of hydrogen-bond acceptors (Lipinski definition) is 1. The van der Waals surface area contributed by atoms with Crippen LogP contribution in [-0.4, -0.2) is 25.0 Å². The summed E-state index contributed by atoms with van der Waals surface area (Å²) in [5.74, 6) is 1.85. The van der Waals surface area contributed by atoms with E-state index in [1.54, 1.807) is 0 Å². The normalized spacial score (nSPS) is 15.0. The highest BCUT2D eigenvalue weighted by atomic mass is 15.1. The van der Waals surface area contributed by atoms with Crippen LogP contribution in [-0.2, 0) is 0 Å². The maximum atomic E-state index is 2.53. The lowest BCUT2D eigenvalue weighted by Gasteiger charge is -2.19. The fourth-order valence-corrected chi connectivity index (χ4v) is 2.81. The van der Waals surface area contributed by atoms with Crippen LogP contribution in [0.25, 0.3) is 0 Å². The van der Waals surface area contributed by atoms with Crippen LogP contribution >= 0.6 is 0 Å². The summed E-state index contributed by atoms with van der Waals surface area (Å²) in [4.78, 5) is 2.53. The topological polar surface area (TPSA) is 3.24 Å². The molecule has 0 amide bonds. The van der Waals surface area contributed by atoms with E-state index in [1.807, 2.05) is 0 Å². The Hall–Kier alpha value is -0.0400. The third-order valence-corrected chi connectivity index (χ3v) is 4.04. The third kappa shape index (κ3) is 11.1. The Labute approximate surface area is 116 Å². The second kappa shape index (κ2) is 12.0. The predicted molar refractivity (Wildman–Crippen MR) is 84.1 cm³/mol. The molecule has 0 saturated heterocycles. The van der Waals surface area contributed by atoms with E-state index in [2.05, 4.69) is 39.6 Å². The summed E-state index contributed by atoms with van der Waals surface area (Å²) in [6.45, 7) is 12.0. The van der Waals surface area contributed by atoms with Crippen LogP contribution in [0.15, 0.2) is 0 Å². The van der Waals surface area contributed by atoms with Gasteiger partial charge in [0.15, 0.2) is 0 Å². The van der Waals surface area contributed by atoms with Gasteiger partial charge in [-0.25, -0.2) is 0 Å². The van der Waals surface area contributed by atoms with Gasteiger partial charge in [0.25, 0.3) is 0 Å². The maximum Gasteiger partial charge on any atom is -0.00217 e. The highest BCUT2D eigenvalue weighted by Gasteiger charge is 2.04. The van der Waals surface area contributed by atoms with Crippen molar-refractivity contribution in [3.8, 4) is 0 Å². The molecular weight excluding hydrogens is 218 g/mol. The molecule has 0 aromatic carbocycles. The average Bonchev–Trinajstić information content (AvgIpc) is 2.29. The van der Waals surface area contributed by atoms with E-state index in [1.165, 1.54) is 64.5 Å². The van der Waals surface area contributed by atoms with Gasteiger partial charge in [-0.1, -0.05) is 53.4 Å². The van der Waals surface area contributed by atoms with Crippen molar-refractivity contribution in [1.29, 1.82) is 0 Å². The molecule has 0 radical (unpaired) electrons. The molecule has 0 aliphatic heterocycles. The molecule has 0 fully saturated rings. The first kappa shape index (κ1) is 18.0. The van der Waals surface area contributed by atoms with E-state index >= 15 is 0 Å². The molecule has 0 bridgehead atoms. The third-order valence-electron chi connectivity index (χ3n) is 4.04. The molecule has 1 nitrogen and oxygen atoms in total. The number of rotatable bonds is 12. The highest BCUT2D eigenvalue weighted by molar-refractivity contribution is 4.59. The lowest BCUT2D eigenvalue weighted by atomic mass is 9.99. The van der Waals surface area contributed by atoms with E-state index in [9.17, 15) is 0 Å². The lowest BCUT2D eigenvalue weighted by Crippen LogP contribution is -2.21. The average molecular weight is 255 g/mol. The molecule has 0 spiro atoms. The van der Waals surface area contributed by atoms with Crippen LogP contribution in [0, 0.1) is 11.8 Å². The zero-order valence-corrected chi connectivity index (χ0v) is 13.7. The number of hydrogen-bond donors (Lipinski definition) is 0. The number of nitrogens with zero attached hydrogens (tertiary/aromatic N) is 1. The van der Waals surface area contributed by atoms with Gasteiger partial charge in [0.05, 0.1) is 0 Å². The Morgan fingerprint density at radius 3 is 1.44 bits per heavy atom. The van der Waals surface area contributed by atoms with Gasteiger partial charge in [-0.2, -0.15) is 0 Å².